The van der Waals surface area contributed by atoms with E-state index < -0.39 is 30.0 Å². The highest BCUT2D eigenvalue weighted by atomic mass is 19.4. The fraction of sp³-hybridized carbons (Fsp3) is 0.556. The van der Waals surface area contributed by atoms with Gasteiger partial charge in [0.2, 0.25) is 5.91 Å². The number of likely N-dealkylation sites (tertiary alicyclic amines) is 2. The number of nitrogens with zero attached hydrogens (tertiary/aromatic N) is 2. The van der Waals surface area contributed by atoms with Crippen molar-refractivity contribution in [3.8, 4) is 0 Å². The van der Waals surface area contributed by atoms with Crippen molar-refractivity contribution in [2.45, 2.75) is 44.1 Å². The zero-order valence-electron chi connectivity index (χ0n) is 14.6. The first-order valence-corrected chi connectivity index (χ1v) is 8.93. The van der Waals surface area contributed by atoms with Crippen LogP contribution in [0.3, 0.4) is 0 Å². The Bertz CT molecular complexity index is 704. The van der Waals surface area contributed by atoms with Crippen molar-refractivity contribution in [1.29, 1.82) is 0 Å². The molecule has 1 aromatic carbocycles. The van der Waals surface area contributed by atoms with Crippen LogP contribution in [0.2, 0.25) is 0 Å². The van der Waals surface area contributed by atoms with Crippen molar-refractivity contribution in [3.05, 3.63) is 29.8 Å². The number of piperidine rings is 1. The molecular formula is C18H21F4N3O2. The van der Waals surface area contributed by atoms with Crippen LogP contribution in [0.5, 0.6) is 0 Å². The lowest BCUT2D eigenvalue weighted by atomic mass is 10.1. The zero-order valence-corrected chi connectivity index (χ0v) is 14.6. The number of rotatable bonds is 2. The third kappa shape index (κ3) is 4.51. The molecule has 2 heterocycles. The van der Waals surface area contributed by atoms with Crippen LogP contribution in [0.1, 0.15) is 31.2 Å². The first-order chi connectivity index (χ1) is 12.8. The number of hydrogen-bond acceptors (Lipinski definition) is 2. The summed E-state index contributed by atoms with van der Waals surface area (Å²) >= 11 is 0. The maximum Gasteiger partial charge on any atom is 0.416 e. The first-order valence-electron chi connectivity index (χ1n) is 8.93. The van der Waals surface area contributed by atoms with E-state index in [2.05, 4.69) is 5.32 Å². The van der Waals surface area contributed by atoms with Crippen LogP contribution in [0.25, 0.3) is 0 Å². The summed E-state index contributed by atoms with van der Waals surface area (Å²) in [5, 5.41) is 2.35. The maximum atomic E-state index is 13.9. The molecule has 1 aromatic rings. The van der Waals surface area contributed by atoms with Crippen LogP contribution in [-0.4, -0.2) is 53.6 Å². The van der Waals surface area contributed by atoms with Crippen molar-refractivity contribution < 1.29 is 27.2 Å². The maximum absolute atomic E-state index is 13.9. The Morgan fingerprint density at radius 2 is 1.81 bits per heavy atom. The molecular weight excluding hydrogens is 366 g/mol. The van der Waals surface area contributed by atoms with Gasteiger partial charge in [-0.3, -0.25) is 4.79 Å². The molecule has 0 bridgehead atoms. The second-order valence-corrected chi connectivity index (χ2v) is 6.90. The standard InChI is InChI=1S/C18H21F4N3O2/c19-13-10-15(16(26)24-7-2-1-3-8-24)25(11-13)17(27)23-14-6-4-5-12(9-14)18(20,21)22/h4-6,9,13,15H,1-3,7-8,10-11H2,(H,23,27)/t13-,15-/m0/s1. The summed E-state index contributed by atoms with van der Waals surface area (Å²) in [6, 6.07) is 2.50. The highest BCUT2D eigenvalue weighted by molar-refractivity contribution is 5.94. The average molecular weight is 387 g/mol. The second kappa shape index (κ2) is 7.74. The number of hydrogen-bond donors (Lipinski definition) is 1. The molecule has 0 radical (unpaired) electrons. The molecule has 0 unspecified atom stereocenters. The number of anilines is 1. The largest absolute Gasteiger partial charge is 0.416 e. The summed E-state index contributed by atoms with van der Waals surface area (Å²) in [4.78, 5) is 27.9. The molecule has 0 aliphatic carbocycles. The number of alkyl halides is 4. The van der Waals surface area contributed by atoms with Crippen LogP contribution >= 0.6 is 0 Å². The molecule has 1 N–H and O–H groups in total. The molecule has 0 spiro atoms. The van der Waals surface area contributed by atoms with Crippen molar-refractivity contribution in [2.24, 2.45) is 0 Å². The number of carbonyl (C=O) groups excluding carboxylic acids is 2. The molecule has 148 valence electrons. The number of urea groups is 1. The van der Waals surface area contributed by atoms with Gasteiger partial charge in [0, 0.05) is 25.2 Å². The molecule has 2 aliphatic rings. The van der Waals surface area contributed by atoms with Gasteiger partial charge < -0.3 is 15.1 Å². The molecule has 9 heteroatoms. The molecule has 2 aliphatic heterocycles. The Kier molecular flexibility index (Phi) is 5.57. The lowest BCUT2D eigenvalue weighted by Gasteiger charge is -2.32. The third-order valence-corrected chi connectivity index (χ3v) is 4.90. The van der Waals surface area contributed by atoms with Gasteiger partial charge in [0.15, 0.2) is 0 Å². The summed E-state index contributed by atoms with van der Waals surface area (Å²) in [5.41, 5.74) is -0.952. The lowest BCUT2D eigenvalue weighted by molar-refractivity contribution is -0.137. The Hall–Kier alpha value is -2.32. The topological polar surface area (TPSA) is 52.7 Å². The van der Waals surface area contributed by atoms with E-state index in [0.29, 0.717) is 13.1 Å². The normalized spacial score (nSPS) is 23.4. The van der Waals surface area contributed by atoms with E-state index in [-0.39, 0.29) is 24.6 Å². The average Bonchev–Trinajstić information content (AvgIpc) is 3.03. The van der Waals surface area contributed by atoms with Gasteiger partial charge in [-0.2, -0.15) is 13.2 Å². The third-order valence-electron chi connectivity index (χ3n) is 4.90. The number of benzene rings is 1. The number of carbonyl (C=O) groups is 2. The van der Waals surface area contributed by atoms with Gasteiger partial charge in [-0.1, -0.05) is 6.07 Å². The molecule has 3 amide bonds. The minimum Gasteiger partial charge on any atom is -0.341 e. The smallest absolute Gasteiger partial charge is 0.341 e. The Morgan fingerprint density at radius 1 is 1.11 bits per heavy atom. The SMILES string of the molecule is O=C([C@@H]1C[C@H](F)CN1C(=O)Nc1cccc(C(F)(F)F)c1)N1CCCCC1. The lowest BCUT2D eigenvalue weighted by Crippen LogP contribution is -2.50. The number of halogens is 4. The van der Waals surface area contributed by atoms with E-state index in [1.54, 1.807) is 4.90 Å². The van der Waals surface area contributed by atoms with Gasteiger partial charge in [0.25, 0.3) is 0 Å². The van der Waals surface area contributed by atoms with E-state index in [9.17, 15) is 27.2 Å². The van der Waals surface area contributed by atoms with Gasteiger partial charge in [-0.05, 0) is 37.5 Å². The van der Waals surface area contributed by atoms with Crippen LogP contribution in [0, 0.1) is 0 Å². The van der Waals surface area contributed by atoms with Crippen molar-refractivity contribution >= 4 is 17.6 Å². The summed E-state index contributed by atoms with van der Waals surface area (Å²) in [7, 11) is 0. The minimum atomic E-state index is -4.54. The van der Waals surface area contributed by atoms with E-state index in [1.807, 2.05) is 0 Å². The Labute approximate surface area is 154 Å². The van der Waals surface area contributed by atoms with Gasteiger partial charge >= 0.3 is 12.2 Å². The predicted molar refractivity (Wildman–Crippen MR) is 90.9 cm³/mol. The van der Waals surface area contributed by atoms with Crippen LogP contribution in [-0.2, 0) is 11.0 Å². The Balaban J connectivity index is 1.71. The molecule has 27 heavy (non-hydrogen) atoms. The zero-order chi connectivity index (χ0) is 19.6. The van der Waals surface area contributed by atoms with E-state index in [1.165, 1.54) is 12.1 Å². The highest BCUT2D eigenvalue weighted by Gasteiger charge is 2.42. The van der Waals surface area contributed by atoms with E-state index >= 15 is 0 Å². The van der Waals surface area contributed by atoms with Crippen LogP contribution in [0.4, 0.5) is 28.0 Å². The monoisotopic (exact) mass is 387 g/mol. The molecule has 2 saturated heterocycles. The van der Waals surface area contributed by atoms with Crippen LogP contribution < -0.4 is 5.32 Å². The minimum absolute atomic E-state index is 0.0543. The molecule has 2 fully saturated rings. The number of nitrogens with one attached hydrogen (secondary N) is 1. The summed E-state index contributed by atoms with van der Waals surface area (Å²) < 4.78 is 52.4. The summed E-state index contributed by atoms with van der Waals surface area (Å²) in [5.74, 6) is -0.297. The van der Waals surface area contributed by atoms with Crippen molar-refractivity contribution in [1.82, 2.24) is 9.80 Å². The van der Waals surface area contributed by atoms with E-state index in [4.69, 9.17) is 0 Å². The van der Waals surface area contributed by atoms with Gasteiger partial charge in [-0.15, -0.1) is 0 Å². The summed E-state index contributed by atoms with van der Waals surface area (Å²) in [6.07, 6.45) is -3.20. The van der Waals surface area contributed by atoms with Crippen LogP contribution in [0.15, 0.2) is 24.3 Å². The highest BCUT2D eigenvalue weighted by Crippen LogP contribution is 2.31. The fourth-order valence-electron chi connectivity index (χ4n) is 3.54. The van der Waals surface area contributed by atoms with Crippen molar-refractivity contribution in [3.63, 3.8) is 0 Å². The van der Waals surface area contributed by atoms with Crippen molar-refractivity contribution in [2.75, 3.05) is 25.0 Å². The molecule has 0 saturated carbocycles. The van der Waals surface area contributed by atoms with E-state index in [0.717, 1.165) is 36.3 Å². The number of amides is 3. The summed E-state index contributed by atoms with van der Waals surface area (Å²) in [6.45, 7) is 0.903. The quantitative estimate of drug-likeness (QED) is 0.788. The molecule has 0 aromatic heterocycles. The Morgan fingerprint density at radius 3 is 2.48 bits per heavy atom. The van der Waals surface area contributed by atoms with Gasteiger partial charge in [-0.25, -0.2) is 9.18 Å². The molecule has 5 nitrogen and oxygen atoms in total. The first kappa shape index (κ1) is 19.4. The molecule has 2 atom stereocenters. The van der Waals surface area contributed by atoms with Gasteiger partial charge in [0.05, 0.1) is 12.1 Å². The second-order valence-electron chi connectivity index (χ2n) is 6.90. The predicted octanol–water partition coefficient (Wildman–Crippen LogP) is 3.66. The fourth-order valence-corrected chi connectivity index (χ4v) is 3.54. The van der Waals surface area contributed by atoms with Gasteiger partial charge in [0.1, 0.15) is 12.2 Å². The molecule has 3 rings (SSSR count).